The van der Waals surface area contributed by atoms with Crippen LogP contribution in [0.2, 0.25) is 0 Å². The number of hydrogen-bond acceptors (Lipinski definition) is 3. The van der Waals surface area contributed by atoms with Crippen LogP contribution < -0.4 is 5.32 Å². The van der Waals surface area contributed by atoms with Gasteiger partial charge < -0.3 is 10.3 Å². The molecule has 0 bridgehead atoms. The van der Waals surface area contributed by atoms with E-state index in [1.54, 1.807) is 12.5 Å². The van der Waals surface area contributed by atoms with Crippen molar-refractivity contribution in [2.75, 3.05) is 11.9 Å². The van der Waals surface area contributed by atoms with Crippen molar-refractivity contribution in [1.82, 2.24) is 15.0 Å². The van der Waals surface area contributed by atoms with Crippen molar-refractivity contribution >= 4 is 21.7 Å². The number of rotatable bonds is 4. The molecule has 0 saturated carbocycles. The van der Waals surface area contributed by atoms with Crippen LogP contribution in [0.15, 0.2) is 29.3 Å². The summed E-state index contributed by atoms with van der Waals surface area (Å²) in [4.78, 5) is 11.4. The fourth-order valence-electron chi connectivity index (χ4n) is 1.46. The van der Waals surface area contributed by atoms with Crippen LogP contribution >= 0.6 is 15.9 Å². The van der Waals surface area contributed by atoms with Gasteiger partial charge in [-0.2, -0.15) is 0 Å². The minimum absolute atomic E-state index is 0.845. The van der Waals surface area contributed by atoms with Gasteiger partial charge in [0, 0.05) is 35.5 Å². The minimum atomic E-state index is 0.845. The Hall–Kier alpha value is -1.36. The molecular formula is C11H13BrN4. The Morgan fingerprint density at radius 2 is 2.31 bits per heavy atom. The van der Waals surface area contributed by atoms with Crippen molar-refractivity contribution in [3.63, 3.8) is 0 Å². The molecule has 0 saturated heterocycles. The van der Waals surface area contributed by atoms with E-state index in [1.165, 1.54) is 0 Å². The second-order valence-electron chi connectivity index (χ2n) is 3.57. The van der Waals surface area contributed by atoms with Gasteiger partial charge in [-0.05, 0) is 34.5 Å². The Morgan fingerprint density at radius 3 is 3.00 bits per heavy atom. The highest BCUT2D eigenvalue weighted by molar-refractivity contribution is 9.10. The summed E-state index contributed by atoms with van der Waals surface area (Å²) < 4.78 is 1.00. The van der Waals surface area contributed by atoms with Gasteiger partial charge in [-0.15, -0.1) is 0 Å². The first-order chi connectivity index (χ1) is 7.75. The molecule has 5 heteroatoms. The fraction of sp³-hybridized carbons (Fsp3) is 0.273. The lowest BCUT2D eigenvalue weighted by molar-refractivity contribution is 0.964. The van der Waals surface area contributed by atoms with Gasteiger partial charge in [0.25, 0.3) is 0 Å². The summed E-state index contributed by atoms with van der Waals surface area (Å²) in [6, 6.07) is 2.05. The third kappa shape index (κ3) is 2.82. The smallest absolute Gasteiger partial charge is 0.128 e. The number of hydrogen-bond donors (Lipinski definition) is 2. The van der Waals surface area contributed by atoms with Crippen molar-refractivity contribution in [2.24, 2.45) is 0 Å². The molecule has 16 heavy (non-hydrogen) atoms. The zero-order valence-corrected chi connectivity index (χ0v) is 10.6. The molecule has 0 amide bonds. The highest BCUT2D eigenvalue weighted by atomic mass is 79.9. The average Bonchev–Trinajstić information content (AvgIpc) is 2.74. The van der Waals surface area contributed by atoms with E-state index >= 15 is 0 Å². The van der Waals surface area contributed by atoms with E-state index in [1.807, 2.05) is 19.2 Å². The van der Waals surface area contributed by atoms with Crippen LogP contribution in [0.5, 0.6) is 0 Å². The van der Waals surface area contributed by atoms with Crippen molar-refractivity contribution in [3.05, 3.63) is 40.5 Å². The number of aromatic nitrogens is 3. The summed E-state index contributed by atoms with van der Waals surface area (Å²) in [5.74, 6) is 0.933. The quantitative estimate of drug-likeness (QED) is 0.905. The monoisotopic (exact) mass is 280 g/mol. The summed E-state index contributed by atoms with van der Waals surface area (Å²) in [6.45, 7) is 2.88. The molecule has 4 nitrogen and oxygen atoms in total. The molecule has 0 unspecified atom stereocenters. The molecule has 0 fully saturated rings. The molecule has 2 aromatic rings. The first kappa shape index (κ1) is 11.1. The maximum absolute atomic E-state index is 4.31. The zero-order chi connectivity index (χ0) is 11.4. The molecule has 2 rings (SSSR count). The number of aromatic amines is 1. The van der Waals surface area contributed by atoms with Gasteiger partial charge in [-0.25, -0.2) is 9.97 Å². The third-order valence-electron chi connectivity index (χ3n) is 2.29. The van der Waals surface area contributed by atoms with Crippen LogP contribution in [0, 0.1) is 6.92 Å². The van der Waals surface area contributed by atoms with Crippen molar-refractivity contribution in [1.29, 1.82) is 0 Å². The van der Waals surface area contributed by atoms with E-state index in [0.717, 1.165) is 34.5 Å². The molecule has 0 aliphatic rings. The molecule has 84 valence electrons. The molecule has 2 N–H and O–H groups in total. The second-order valence-corrected chi connectivity index (χ2v) is 4.49. The number of H-pyrrole nitrogens is 1. The maximum Gasteiger partial charge on any atom is 0.128 e. The zero-order valence-electron chi connectivity index (χ0n) is 9.00. The Balaban J connectivity index is 1.90. The highest BCUT2D eigenvalue weighted by Gasteiger charge is 2.00. The first-order valence-corrected chi connectivity index (χ1v) is 5.88. The largest absolute Gasteiger partial charge is 0.369 e. The van der Waals surface area contributed by atoms with Gasteiger partial charge in [-0.1, -0.05) is 0 Å². The standard InChI is InChI=1S/C11H13BrN4/c1-8-4-9(12)5-15-11(8)14-3-2-10-6-13-7-16-10/h4-7H,2-3H2,1H3,(H,13,16)(H,14,15). The second kappa shape index (κ2) is 5.12. The van der Waals surface area contributed by atoms with Gasteiger partial charge in [0.15, 0.2) is 0 Å². The number of pyridine rings is 1. The Labute approximate surface area is 103 Å². The fourth-order valence-corrected chi connectivity index (χ4v) is 1.91. The lowest BCUT2D eigenvalue weighted by Crippen LogP contribution is -2.07. The maximum atomic E-state index is 4.31. The number of nitrogens with zero attached hydrogens (tertiary/aromatic N) is 2. The van der Waals surface area contributed by atoms with E-state index in [-0.39, 0.29) is 0 Å². The van der Waals surface area contributed by atoms with Gasteiger partial charge in [0.1, 0.15) is 5.82 Å². The average molecular weight is 281 g/mol. The topological polar surface area (TPSA) is 53.6 Å². The van der Waals surface area contributed by atoms with Gasteiger partial charge in [0.2, 0.25) is 0 Å². The Morgan fingerprint density at radius 1 is 1.44 bits per heavy atom. The van der Waals surface area contributed by atoms with E-state index in [0.29, 0.717) is 0 Å². The van der Waals surface area contributed by atoms with Crippen LogP contribution in [0.25, 0.3) is 0 Å². The summed E-state index contributed by atoms with van der Waals surface area (Å²) >= 11 is 3.39. The molecule has 2 aromatic heterocycles. The molecule has 0 aliphatic heterocycles. The molecule has 0 atom stereocenters. The van der Waals surface area contributed by atoms with Crippen molar-refractivity contribution < 1.29 is 0 Å². The van der Waals surface area contributed by atoms with Gasteiger partial charge >= 0.3 is 0 Å². The van der Waals surface area contributed by atoms with E-state index in [2.05, 4.69) is 36.2 Å². The summed E-state index contributed by atoms with van der Waals surface area (Å²) in [7, 11) is 0. The molecular weight excluding hydrogens is 268 g/mol. The predicted molar refractivity (Wildman–Crippen MR) is 67.5 cm³/mol. The minimum Gasteiger partial charge on any atom is -0.369 e. The molecule has 0 aliphatic carbocycles. The Bertz CT molecular complexity index is 453. The van der Waals surface area contributed by atoms with E-state index in [9.17, 15) is 0 Å². The van der Waals surface area contributed by atoms with Gasteiger partial charge in [-0.3, -0.25) is 0 Å². The molecule has 0 radical (unpaired) electrons. The van der Waals surface area contributed by atoms with Crippen molar-refractivity contribution in [3.8, 4) is 0 Å². The SMILES string of the molecule is Cc1cc(Br)cnc1NCCc1cnc[nH]1. The number of nitrogens with one attached hydrogen (secondary N) is 2. The van der Waals surface area contributed by atoms with Crippen LogP contribution in [0.4, 0.5) is 5.82 Å². The summed E-state index contributed by atoms with van der Waals surface area (Å²) in [5.41, 5.74) is 2.27. The first-order valence-electron chi connectivity index (χ1n) is 5.09. The third-order valence-corrected chi connectivity index (χ3v) is 2.72. The molecule has 0 aromatic carbocycles. The van der Waals surface area contributed by atoms with Crippen LogP contribution in [0.1, 0.15) is 11.3 Å². The summed E-state index contributed by atoms with van der Waals surface area (Å²) in [5, 5.41) is 3.30. The van der Waals surface area contributed by atoms with E-state index in [4.69, 9.17) is 0 Å². The summed E-state index contributed by atoms with van der Waals surface area (Å²) in [6.07, 6.45) is 6.24. The normalized spacial score (nSPS) is 10.4. The van der Waals surface area contributed by atoms with Crippen LogP contribution in [-0.2, 0) is 6.42 Å². The lowest BCUT2D eigenvalue weighted by Gasteiger charge is -2.07. The molecule has 2 heterocycles. The van der Waals surface area contributed by atoms with Crippen LogP contribution in [0.3, 0.4) is 0 Å². The Kier molecular flexibility index (Phi) is 3.56. The number of imidazole rings is 1. The molecule has 0 spiro atoms. The lowest BCUT2D eigenvalue weighted by atomic mass is 10.3. The highest BCUT2D eigenvalue weighted by Crippen LogP contribution is 2.16. The van der Waals surface area contributed by atoms with Gasteiger partial charge in [0.05, 0.1) is 6.33 Å². The number of halogens is 1. The number of aryl methyl sites for hydroxylation is 1. The predicted octanol–water partition coefficient (Wildman–Crippen LogP) is 2.53. The van der Waals surface area contributed by atoms with Crippen LogP contribution in [-0.4, -0.2) is 21.5 Å². The van der Waals surface area contributed by atoms with Crippen molar-refractivity contribution in [2.45, 2.75) is 13.3 Å². The number of anilines is 1. The van der Waals surface area contributed by atoms with E-state index < -0.39 is 0 Å².